The Hall–Kier alpha value is -1.71. The van der Waals surface area contributed by atoms with Gasteiger partial charge in [0, 0.05) is 32.6 Å². The van der Waals surface area contributed by atoms with Crippen LogP contribution in [0, 0.1) is 29.6 Å². The monoisotopic (exact) mass is 458 g/mol. The molecule has 0 spiro atoms. The van der Waals surface area contributed by atoms with Gasteiger partial charge in [0.15, 0.2) is 6.29 Å². The molecule has 0 amide bonds. The molecule has 0 bridgehead atoms. The van der Waals surface area contributed by atoms with Crippen molar-refractivity contribution in [3.8, 4) is 0 Å². The SMILES string of the molecule is CC(=O)OCC1O[C@@H](OC(C)=O)C(C)[C@@H](C)[C@@H]1O[C@@H]1OC(COC(C)=O)[C@H](C)[C@H](C)C1C. The van der Waals surface area contributed by atoms with Crippen molar-refractivity contribution in [2.24, 2.45) is 29.6 Å². The molecule has 0 aromatic heterocycles. The molecule has 0 aromatic rings. The van der Waals surface area contributed by atoms with Crippen LogP contribution < -0.4 is 0 Å². The number of carbonyl (C=O) groups excluding carboxylic acids is 3. The Morgan fingerprint density at radius 2 is 1.12 bits per heavy atom. The first-order valence-corrected chi connectivity index (χ1v) is 11.3. The second-order valence-electron chi connectivity index (χ2n) is 9.20. The summed E-state index contributed by atoms with van der Waals surface area (Å²) >= 11 is 0. The molecule has 0 aliphatic carbocycles. The third-order valence-corrected chi connectivity index (χ3v) is 6.91. The third kappa shape index (κ3) is 6.65. The molecule has 9 heteroatoms. The summed E-state index contributed by atoms with van der Waals surface area (Å²) < 4.78 is 34.4. The lowest BCUT2D eigenvalue weighted by Gasteiger charge is -2.48. The fraction of sp³-hybridized carbons (Fsp3) is 0.870. The number of esters is 3. The van der Waals surface area contributed by atoms with Crippen molar-refractivity contribution in [2.45, 2.75) is 86.3 Å². The van der Waals surface area contributed by atoms with Crippen molar-refractivity contribution in [3.63, 3.8) is 0 Å². The zero-order valence-corrected chi connectivity index (χ0v) is 20.4. The Labute approximate surface area is 190 Å². The van der Waals surface area contributed by atoms with Crippen LogP contribution in [0.2, 0.25) is 0 Å². The van der Waals surface area contributed by atoms with Crippen LogP contribution >= 0.6 is 0 Å². The van der Waals surface area contributed by atoms with Crippen LogP contribution in [0.1, 0.15) is 55.4 Å². The van der Waals surface area contributed by atoms with E-state index in [0.717, 1.165) is 0 Å². The summed E-state index contributed by atoms with van der Waals surface area (Å²) in [6, 6.07) is 0. The van der Waals surface area contributed by atoms with E-state index in [1.54, 1.807) is 0 Å². The van der Waals surface area contributed by atoms with Crippen LogP contribution in [-0.2, 0) is 42.8 Å². The van der Waals surface area contributed by atoms with Gasteiger partial charge in [-0.15, -0.1) is 0 Å². The van der Waals surface area contributed by atoms with E-state index in [9.17, 15) is 14.4 Å². The lowest BCUT2D eigenvalue weighted by atomic mass is 9.78. The van der Waals surface area contributed by atoms with Gasteiger partial charge < -0.3 is 28.4 Å². The minimum Gasteiger partial charge on any atom is -0.463 e. The van der Waals surface area contributed by atoms with Gasteiger partial charge in [0.1, 0.15) is 19.3 Å². The molecule has 32 heavy (non-hydrogen) atoms. The Bertz CT molecular complexity index is 666. The molecule has 184 valence electrons. The van der Waals surface area contributed by atoms with Crippen molar-refractivity contribution in [2.75, 3.05) is 13.2 Å². The van der Waals surface area contributed by atoms with Crippen molar-refractivity contribution in [1.82, 2.24) is 0 Å². The summed E-state index contributed by atoms with van der Waals surface area (Å²) in [6.45, 7) is 14.3. The predicted molar refractivity (Wildman–Crippen MR) is 113 cm³/mol. The van der Waals surface area contributed by atoms with Crippen LogP contribution in [0.25, 0.3) is 0 Å². The van der Waals surface area contributed by atoms with E-state index in [1.807, 2.05) is 13.8 Å². The van der Waals surface area contributed by atoms with E-state index in [1.165, 1.54) is 20.8 Å². The van der Waals surface area contributed by atoms with Gasteiger partial charge in [0.25, 0.3) is 0 Å². The van der Waals surface area contributed by atoms with Crippen LogP contribution in [0.4, 0.5) is 0 Å². The predicted octanol–water partition coefficient (Wildman–Crippen LogP) is 2.69. The molecular formula is C23H38O9. The first kappa shape index (κ1) is 26.5. The van der Waals surface area contributed by atoms with Crippen molar-refractivity contribution in [1.29, 1.82) is 0 Å². The van der Waals surface area contributed by atoms with Gasteiger partial charge in [0.2, 0.25) is 6.29 Å². The Morgan fingerprint density at radius 1 is 0.625 bits per heavy atom. The number of hydrogen-bond acceptors (Lipinski definition) is 9. The van der Waals surface area contributed by atoms with Gasteiger partial charge in [-0.3, -0.25) is 14.4 Å². The maximum atomic E-state index is 11.5. The summed E-state index contributed by atoms with van der Waals surface area (Å²) in [7, 11) is 0. The van der Waals surface area contributed by atoms with Crippen LogP contribution in [0.5, 0.6) is 0 Å². The Kier molecular flexibility index (Phi) is 9.48. The molecular weight excluding hydrogens is 420 g/mol. The molecule has 2 heterocycles. The van der Waals surface area contributed by atoms with Gasteiger partial charge >= 0.3 is 17.9 Å². The van der Waals surface area contributed by atoms with Gasteiger partial charge in [-0.2, -0.15) is 0 Å². The molecule has 2 saturated heterocycles. The van der Waals surface area contributed by atoms with Crippen LogP contribution in [0.3, 0.4) is 0 Å². The molecule has 0 radical (unpaired) electrons. The molecule has 0 aromatic carbocycles. The average Bonchev–Trinajstić information content (AvgIpc) is 2.70. The van der Waals surface area contributed by atoms with E-state index >= 15 is 0 Å². The minimum atomic E-state index is -0.761. The smallest absolute Gasteiger partial charge is 0.304 e. The normalized spacial score (nSPS) is 39.8. The first-order valence-electron chi connectivity index (χ1n) is 11.3. The highest BCUT2D eigenvalue weighted by Gasteiger charge is 2.48. The van der Waals surface area contributed by atoms with Crippen LogP contribution in [0.15, 0.2) is 0 Å². The minimum absolute atomic E-state index is 0.0290. The largest absolute Gasteiger partial charge is 0.463 e. The second kappa shape index (κ2) is 11.4. The topological polar surface area (TPSA) is 107 Å². The zero-order chi connectivity index (χ0) is 24.2. The van der Waals surface area contributed by atoms with Crippen LogP contribution in [-0.4, -0.2) is 62.0 Å². The highest BCUT2D eigenvalue weighted by Crippen LogP contribution is 2.40. The van der Waals surface area contributed by atoms with E-state index in [4.69, 9.17) is 28.4 Å². The fourth-order valence-electron chi connectivity index (χ4n) is 4.29. The number of hydrogen-bond donors (Lipinski definition) is 0. The van der Waals surface area contributed by atoms with Gasteiger partial charge in [0.05, 0.1) is 12.2 Å². The summed E-state index contributed by atoms with van der Waals surface area (Å²) in [5.74, 6) is -0.961. The first-order chi connectivity index (χ1) is 14.9. The summed E-state index contributed by atoms with van der Waals surface area (Å²) in [6.07, 6.45) is -2.71. The molecule has 10 atom stereocenters. The van der Waals surface area contributed by atoms with E-state index < -0.39 is 36.7 Å². The molecule has 0 saturated carbocycles. The average molecular weight is 459 g/mol. The number of carbonyl (C=O) groups is 3. The zero-order valence-electron chi connectivity index (χ0n) is 20.4. The lowest BCUT2D eigenvalue weighted by Crippen LogP contribution is -2.57. The summed E-state index contributed by atoms with van der Waals surface area (Å²) in [5.41, 5.74) is 0. The summed E-state index contributed by atoms with van der Waals surface area (Å²) in [4.78, 5) is 34.2. The van der Waals surface area contributed by atoms with E-state index in [-0.39, 0.29) is 54.9 Å². The summed E-state index contributed by atoms with van der Waals surface area (Å²) in [5, 5.41) is 0. The maximum Gasteiger partial charge on any atom is 0.304 e. The molecule has 2 aliphatic rings. The molecule has 0 N–H and O–H groups in total. The molecule has 2 aliphatic heterocycles. The number of ether oxygens (including phenoxy) is 6. The lowest BCUT2D eigenvalue weighted by molar-refractivity contribution is -0.324. The highest BCUT2D eigenvalue weighted by molar-refractivity contribution is 5.66. The van der Waals surface area contributed by atoms with E-state index in [2.05, 4.69) is 20.8 Å². The fourth-order valence-corrected chi connectivity index (χ4v) is 4.29. The second-order valence-corrected chi connectivity index (χ2v) is 9.20. The van der Waals surface area contributed by atoms with E-state index in [0.29, 0.717) is 0 Å². The Morgan fingerprint density at radius 3 is 1.66 bits per heavy atom. The maximum absolute atomic E-state index is 11.5. The Balaban J connectivity index is 2.19. The van der Waals surface area contributed by atoms with Gasteiger partial charge in [-0.05, 0) is 17.8 Å². The standard InChI is InChI=1S/C23H38O9/c1-11-12(2)19(9-27-16(6)24)30-23(14(11)4)32-21-13(3)15(5)22(29-18(8)26)31-20(21)10-28-17(7)25/h11-15,19-23H,9-10H2,1-8H3/t11-,12+,13+,14?,15?,19?,20?,21-,22+,23-/m0/s1. The highest BCUT2D eigenvalue weighted by atomic mass is 16.7. The quantitative estimate of drug-likeness (QED) is 0.420. The van der Waals surface area contributed by atoms with Crippen molar-refractivity contribution < 1.29 is 42.8 Å². The van der Waals surface area contributed by atoms with Crippen molar-refractivity contribution in [3.05, 3.63) is 0 Å². The van der Waals surface area contributed by atoms with Gasteiger partial charge in [-0.25, -0.2) is 0 Å². The third-order valence-electron chi connectivity index (χ3n) is 6.91. The molecule has 2 fully saturated rings. The van der Waals surface area contributed by atoms with Gasteiger partial charge in [-0.1, -0.05) is 34.6 Å². The molecule has 9 nitrogen and oxygen atoms in total. The molecule has 2 rings (SSSR count). The van der Waals surface area contributed by atoms with Crippen molar-refractivity contribution >= 4 is 17.9 Å². The number of rotatable bonds is 7. The molecule has 4 unspecified atom stereocenters.